The average molecular weight is 678 g/mol. The van der Waals surface area contributed by atoms with Crippen LogP contribution in [0.15, 0.2) is 34.9 Å². The highest BCUT2D eigenvalue weighted by molar-refractivity contribution is 7.51. The summed E-state index contributed by atoms with van der Waals surface area (Å²) < 4.78 is 45.2. The van der Waals surface area contributed by atoms with Crippen LogP contribution >= 0.6 is 7.60 Å². The summed E-state index contributed by atoms with van der Waals surface area (Å²) in [4.78, 5) is 30.5. The first-order valence-corrected chi connectivity index (χ1v) is 18.5. The standard InChI is InChI=1S/C34H50N3O9P/c1-5-9-17-44-33-24-27(25-34(45-18-10-6-2)37(33)15-21-47(39,40)41)31-26-32(46-35-31)28-22-29(12-19-42-7-3)36(14-11-16-38)30(23-28)13-20-43-8-4/h16,22-26H,5-15,17-21H2,1-4H3/p+2. The molecule has 0 saturated carbocycles. The number of rotatable bonds is 24. The molecule has 3 aromatic heterocycles. The van der Waals surface area contributed by atoms with Gasteiger partial charge in [-0.15, -0.1) is 4.57 Å². The van der Waals surface area contributed by atoms with Crippen LogP contribution in [0.25, 0.3) is 22.6 Å². The van der Waals surface area contributed by atoms with Crippen molar-refractivity contribution in [1.29, 1.82) is 0 Å². The van der Waals surface area contributed by atoms with Crippen LogP contribution in [0.5, 0.6) is 11.8 Å². The van der Waals surface area contributed by atoms with Gasteiger partial charge in [0, 0.05) is 42.5 Å². The fourth-order valence-electron chi connectivity index (χ4n) is 5.01. The number of pyridine rings is 2. The monoisotopic (exact) mass is 677 g/mol. The zero-order valence-corrected chi connectivity index (χ0v) is 29.2. The first-order valence-electron chi connectivity index (χ1n) is 16.7. The van der Waals surface area contributed by atoms with Crippen molar-refractivity contribution >= 4 is 13.9 Å². The minimum absolute atomic E-state index is 0.0285. The lowest BCUT2D eigenvalue weighted by Crippen LogP contribution is -2.44. The number of hydrogen-bond donors (Lipinski definition) is 2. The third-order valence-electron chi connectivity index (χ3n) is 7.51. The summed E-state index contributed by atoms with van der Waals surface area (Å²) in [5.74, 6) is 1.44. The van der Waals surface area contributed by atoms with Gasteiger partial charge in [0.1, 0.15) is 18.1 Å². The fraction of sp³-hybridized carbons (Fsp3) is 0.588. The molecule has 3 aromatic rings. The Morgan fingerprint density at radius 1 is 0.787 bits per heavy atom. The fourth-order valence-corrected chi connectivity index (χ4v) is 5.47. The Bertz CT molecular complexity index is 1380. The SMILES string of the molecule is CCCCOc1cc(-c2cc(-c3cc(CCOCC)[n+](CCC=O)c(CCOCC)c3)on2)cc(OCCCC)[n+]1CCP(=O)(O)O. The molecule has 0 bridgehead atoms. The highest BCUT2D eigenvalue weighted by Gasteiger charge is 2.28. The summed E-state index contributed by atoms with van der Waals surface area (Å²) in [5, 5.41) is 4.41. The summed E-state index contributed by atoms with van der Waals surface area (Å²) in [7, 11) is -4.27. The van der Waals surface area contributed by atoms with Gasteiger partial charge in [-0.25, -0.2) is 0 Å². The van der Waals surface area contributed by atoms with E-state index in [-0.39, 0.29) is 12.7 Å². The molecule has 260 valence electrons. The number of ether oxygens (including phenoxy) is 4. The van der Waals surface area contributed by atoms with Crippen molar-refractivity contribution in [3.05, 3.63) is 41.7 Å². The number of aldehydes is 1. The molecule has 0 radical (unpaired) electrons. The molecule has 0 atom stereocenters. The van der Waals surface area contributed by atoms with Crippen molar-refractivity contribution in [3.63, 3.8) is 0 Å². The van der Waals surface area contributed by atoms with Gasteiger partial charge in [-0.05, 0) is 26.7 Å². The second kappa shape index (κ2) is 20.3. The molecule has 12 nitrogen and oxygen atoms in total. The summed E-state index contributed by atoms with van der Waals surface area (Å²) >= 11 is 0. The zero-order chi connectivity index (χ0) is 34.1. The molecular weight excluding hydrogens is 625 g/mol. The second-order valence-electron chi connectivity index (χ2n) is 11.2. The zero-order valence-electron chi connectivity index (χ0n) is 28.3. The van der Waals surface area contributed by atoms with Gasteiger partial charge in [-0.2, -0.15) is 4.57 Å². The summed E-state index contributed by atoms with van der Waals surface area (Å²) in [6, 6.07) is 9.59. The molecule has 0 aromatic carbocycles. The van der Waals surface area contributed by atoms with Crippen LogP contribution in [0, 0.1) is 0 Å². The molecule has 13 heteroatoms. The van der Waals surface area contributed by atoms with E-state index in [1.165, 1.54) is 0 Å². The molecule has 2 N–H and O–H groups in total. The lowest BCUT2D eigenvalue weighted by molar-refractivity contribution is -0.710. The molecule has 0 unspecified atom stereocenters. The predicted molar refractivity (Wildman–Crippen MR) is 177 cm³/mol. The Kier molecular flexibility index (Phi) is 16.5. The van der Waals surface area contributed by atoms with Gasteiger partial charge in [0.15, 0.2) is 30.2 Å². The Morgan fingerprint density at radius 3 is 1.85 bits per heavy atom. The van der Waals surface area contributed by atoms with Crippen LogP contribution in [-0.4, -0.2) is 67.0 Å². The molecule has 0 aliphatic heterocycles. The van der Waals surface area contributed by atoms with Crippen molar-refractivity contribution in [2.75, 3.05) is 45.8 Å². The summed E-state index contributed by atoms with van der Waals surface area (Å²) in [5.41, 5.74) is 4.14. The lowest BCUT2D eigenvalue weighted by Gasteiger charge is -2.12. The first-order chi connectivity index (χ1) is 22.7. The van der Waals surface area contributed by atoms with Crippen LogP contribution < -0.4 is 18.6 Å². The van der Waals surface area contributed by atoms with Crippen LogP contribution in [0.1, 0.15) is 71.2 Å². The van der Waals surface area contributed by atoms with Crippen LogP contribution in [0.2, 0.25) is 0 Å². The van der Waals surface area contributed by atoms with Gasteiger partial charge < -0.3 is 38.1 Å². The molecule has 0 fully saturated rings. The predicted octanol–water partition coefficient (Wildman–Crippen LogP) is 4.87. The van der Waals surface area contributed by atoms with Crippen molar-refractivity contribution in [2.45, 2.75) is 85.7 Å². The summed E-state index contributed by atoms with van der Waals surface area (Å²) in [6.07, 6.45) is 5.80. The number of carbonyl (C=O) groups is 1. The third kappa shape index (κ3) is 12.4. The topological polar surface area (TPSA) is 145 Å². The maximum Gasteiger partial charge on any atom is 0.371 e. The minimum atomic E-state index is -4.27. The Morgan fingerprint density at radius 2 is 1.36 bits per heavy atom. The highest BCUT2D eigenvalue weighted by Crippen LogP contribution is 2.35. The molecule has 0 spiro atoms. The number of aromatic nitrogens is 3. The molecule has 3 rings (SSSR count). The van der Waals surface area contributed by atoms with Gasteiger partial charge >= 0.3 is 19.4 Å². The summed E-state index contributed by atoms with van der Waals surface area (Å²) in [6.45, 7) is 11.8. The van der Waals surface area contributed by atoms with E-state index in [4.69, 9.17) is 23.5 Å². The highest BCUT2D eigenvalue weighted by atomic mass is 31.2. The van der Waals surface area contributed by atoms with Crippen molar-refractivity contribution < 1.29 is 51.8 Å². The van der Waals surface area contributed by atoms with Gasteiger partial charge in [0.05, 0.1) is 57.8 Å². The van der Waals surface area contributed by atoms with Crippen molar-refractivity contribution in [1.82, 2.24) is 5.16 Å². The lowest BCUT2D eigenvalue weighted by atomic mass is 10.1. The van der Waals surface area contributed by atoms with E-state index in [1.54, 1.807) is 4.57 Å². The van der Waals surface area contributed by atoms with Gasteiger partial charge in [-0.3, -0.25) is 4.57 Å². The smallest absolute Gasteiger partial charge is 0.371 e. The van der Waals surface area contributed by atoms with E-state index < -0.39 is 7.60 Å². The maximum absolute atomic E-state index is 11.8. The molecule has 0 amide bonds. The minimum Gasteiger partial charge on any atom is -0.444 e. The van der Waals surface area contributed by atoms with Gasteiger partial charge in [0.2, 0.25) is 0 Å². The van der Waals surface area contributed by atoms with E-state index in [0.717, 1.165) is 48.9 Å². The molecule has 0 aliphatic carbocycles. The van der Waals surface area contributed by atoms with Gasteiger partial charge in [-0.1, -0.05) is 31.8 Å². The quantitative estimate of drug-likeness (QED) is 0.0583. The number of nitrogens with zero attached hydrogens (tertiary/aromatic N) is 3. The molecule has 0 aliphatic rings. The van der Waals surface area contributed by atoms with E-state index >= 15 is 0 Å². The Hall–Kier alpha value is -3.15. The number of carbonyl (C=O) groups excluding carboxylic acids is 1. The van der Waals surface area contributed by atoms with Crippen LogP contribution in [0.4, 0.5) is 0 Å². The second-order valence-corrected chi connectivity index (χ2v) is 12.9. The average Bonchev–Trinajstić information content (AvgIpc) is 3.54. The van der Waals surface area contributed by atoms with Crippen molar-refractivity contribution in [2.24, 2.45) is 0 Å². The third-order valence-corrected chi connectivity index (χ3v) is 8.30. The first kappa shape index (κ1) is 38.3. The number of hydrogen-bond acceptors (Lipinski definition) is 8. The van der Waals surface area contributed by atoms with E-state index in [1.807, 2.05) is 32.0 Å². The van der Waals surface area contributed by atoms with Crippen LogP contribution in [0.3, 0.4) is 0 Å². The maximum atomic E-state index is 11.8. The normalized spacial score (nSPS) is 11.6. The molecular formula is C34H52N3O9P+2. The largest absolute Gasteiger partial charge is 0.444 e. The van der Waals surface area contributed by atoms with Crippen LogP contribution in [-0.2, 0) is 44.8 Å². The van der Waals surface area contributed by atoms with E-state index in [0.29, 0.717) is 94.2 Å². The Balaban J connectivity index is 2.09. The van der Waals surface area contributed by atoms with E-state index in [9.17, 15) is 19.1 Å². The van der Waals surface area contributed by atoms with E-state index in [2.05, 4.69) is 35.7 Å². The Labute approximate surface area is 278 Å². The van der Waals surface area contributed by atoms with Gasteiger partial charge in [0.25, 0.3) is 0 Å². The number of unbranched alkanes of at least 4 members (excludes halogenated alkanes) is 2. The molecule has 3 heterocycles. The molecule has 47 heavy (non-hydrogen) atoms. The van der Waals surface area contributed by atoms with Crippen molar-refractivity contribution in [3.8, 4) is 34.3 Å². The molecule has 0 saturated heterocycles.